The molecule has 3 aromatic heterocycles. The number of nitrogens with one attached hydrogen (secondary N) is 2. The van der Waals surface area contributed by atoms with E-state index in [9.17, 15) is 0 Å². The zero-order valence-corrected chi connectivity index (χ0v) is 21.5. The Morgan fingerprint density at radius 1 is 0.622 bits per heavy atom. The molecule has 7 rings (SSSR count). The molecule has 0 spiro atoms. The number of halogens is 1. The minimum absolute atomic E-state index is 0.0385. The van der Waals surface area contributed by atoms with E-state index in [2.05, 4.69) is 129 Å². The standard InChI is InChI=1S/C32H23BrN4/c33-22-16-14-21(15-17-22)32-28(20-37(36-32)23-8-2-1-3-9-23)31(26-18-34-29-12-6-4-10-24(26)29)27-19-35-30-13-7-5-11-25(27)30/h1-20,31,34-35H. The van der Waals surface area contributed by atoms with Crippen molar-refractivity contribution in [2.24, 2.45) is 0 Å². The molecule has 5 heteroatoms. The molecule has 0 amide bonds. The molecule has 0 unspecified atom stereocenters. The summed E-state index contributed by atoms with van der Waals surface area (Å²) >= 11 is 3.59. The second-order valence-corrected chi connectivity index (χ2v) is 10.1. The van der Waals surface area contributed by atoms with E-state index in [1.165, 1.54) is 21.9 Å². The summed E-state index contributed by atoms with van der Waals surface area (Å²) in [6, 6.07) is 35.8. The van der Waals surface area contributed by atoms with Crippen molar-refractivity contribution in [3.63, 3.8) is 0 Å². The second kappa shape index (κ2) is 8.95. The fraction of sp³-hybridized carbons (Fsp3) is 0.0312. The maximum absolute atomic E-state index is 5.16. The topological polar surface area (TPSA) is 49.4 Å². The summed E-state index contributed by atoms with van der Waals surface area (Å²) in [6.07, 6.45) is 6.51. The van der Waals surface area contributed by atoms with Crippen molar-refractivity contribution in [3.05, 3.63) is 143 Å². The van der Waals surface area contributed by atoms with E-state index in [1.807, 2.05) is 22.9 Å². The number of hydrogen-bond donors (Lipinski definition) is 2. The van der Waals surface area contributed by atoms with Crippen molar-refractivity contribution in [1.82, 2.24) is 19.7 Å². The van der Waals surface area contributed by atoms with Gasteiger partial charge in [-0.15, -0.1) is 0 Å². The van der Waals surface area contributed by atoms with E-state index in [0.717, 1.165) is 38.0 Å². The summed E-state index contributed by atoms with van der Waals surface area (Å²) in [5.41, 5.74) is 8.95. The van der Waals surface area contributed by atoms with Gasteiger partial charge in [-0.25, -0.2) is 4.68 Å². The van der Waals surface area contributed by atoms with E-state index in [4.69, 9.17) is 5.10 Å². The Labute approximate surface area is 222 Å². The maximum Gasteiger partial charge on any atom is 0.0969 e. The largest absolute Gasteiger partial charge is 0.361 e. The van der Waals surface area contributed by atoms with Crippen LogP contribution in [0.1, 0.15) is 22.6 Å². The summed E-state index contributed by atoms with van der Waals surface area (Å²) in [7, 11) is 0. The number of hydrogen-bond acceptors (Lipinski definition) is 1. The fourth-order valence-electron chi connectivity index (χ4n) is 5.31. The minimum Gasteiger partial charge on any atom is -0.361 e. The third kappa shape index (κ3) is 3.79. The molecule has 0 aliphatic rings. The van der Waals surface area contributed by atoms with Gasteiger partial charge in [-0.05, 0) is 47.5 Å². The van der Waals surface area contributed by atoms with Gasteiger partial charge < -0.3 is 9.97 Å². The van der Waals surface area contributed by atoms with Crippen molar-refractivity contribution >= 4 is 37.7 Å². The van der Waals surface area contributed by atoms with Crippen molar-refractivity contribution in [2.45, 2.75) is 5.92 Å². The number of aromatic amines is 2. The lowest BCUT2D eigenvalue weighted by Crippen LogP contribution is -2.03. The van der Waals surface area contributed by atoms with Crippen LogP contribution in [0, 0.1) is 0 Å². The maximum atomic E-state index is 5.16. The van der Waals surface area contributed by atoms with Crippen LogP contribution in [0.25, 0.3) is 38.8 Å². The first-order chi connectivity index (χ1) is 18.3. The van der Waals surface area contributed by atoms with Crippen LogP contribution in [0.5, 0.6) is 0 Å². The molecule has 0 radical (unpaired) electrons. The van der Waals surface area contributed by atoms with Gasteiger partial charge >= 0.3 is 0 Å². The molecule has 0 fully saturated rings. The van der Waals surface area contributed by atoms with Gasteiger partial charge in [0.2, 0.25) is 0 Å². The van der Waals surface area contributed by atoms with Gasteiger partial charge in [-0.3, -0.25) is 0 Å². The lowest BCUT2D eigenvalue weighted by atomic mass is 9.84. The van der Waals surface area contributed by atoms with E-state index in [1.54, 1.807) is 0 Å². The molecule has 0 aliphatic carbocycles. The first-order valence-corrected chi connectivity index (χ1v) is 13.1. The highest BCUT2D eigenvalue weighted by molar-refractivity contribution is 9.10. The van der Waals surface area contributed by atoms with Crippen LogP contribution in [-0.4, -0.2) is 19.7 Å². The van der Waals surface area contributed by atoms with E-state index in [-0.39, 0.29) is 5.92 Å². The van der Waals surface area contributed by atoms with Gasteiger partial charge in [-0.1, -0.05) is 82.7 Å². The Bertz CT molecular complexity index is 1770. The van der Waals surface area contributed by atoms with Crippen LogP contribution in [0.4, 0.5) is 0 Å². The predicted octanol–water partition coefficient (Wildman–Crippen LogP) is 8.44. The molecule has 7 aromatic rings. The van der Waals surface area contributed by atoms with Crippen LogP contribution >= 0.6 is 15.9 Å². The summed E-state index contributed by atoms with van der Waals surface area (Å²) < 4.78 is 3.05. The zero-order valence-electron chi connectivity index (χ0n) is 19.9. The summed E-state index contributed by atoms with van der Waals surface area (Å²) in [4.78, 5) is 7.02. The molecule has 37 heavy (non-hydrogen) atoms. The molecule has 4 nitrogen and oxygen atoms in total. The highest BCUT2D eigenvalue weighted by atomic mass is 79.9. The zero-order chi connectivity index (χ0) is 24.8. The number of benzene rings is 4. The molecular formula is C32H23BrN4. The van der Waals surface area contributed by atoms with Crippen LogP contribution in [0.15, 0.2) is 126 Å². The average Bonchev–Trinajstić information content (AvgIpc) is 3.68. The predicted molar refractivity (Wildman–Crippen MR) is 154 cm³/mol. The van der Waals surface area contributed by atoms with Gasteiger partial charge in [0.25, 0.3) is 0 Å². The Kier molecular flexibility index (Phi) is 5.29. The van der Waals surface area contributed by atoms with Crippen LogP contribution in [0.2, 0.25) is 0 Å². The normalized spacial score (nSPS) is 11.6. The second-order valence-electron chi connectivity index (χ2n) is 9.23. The summed E-state index contributed by atoms with van der Waals surface area (Å²) in [5.74, 6) is -0.0385. The monoisotopic (exact) mass is 542 g/mol. The molecule has 0 aliphatic heterocycles. The van der Waals surface area contributed by atoms with Crippen molar-refractivity contribution in [1.29, 1.82) is 0 Å². The molecule has 0 saturated heterocycles. The van der Waals surface area contributed by atoms with Crippen molar-refractivity contribution in [3.8, 4) is 16.9 Å². The molecule has 4 aromatic carbocycles. The fourth-order valence-corrected chi connectivity index (χ4v) is 5.58. The quantitative estimate of drug-likeness (QED) is 0.225. The third-order valence-electron chi connectivity index (χ3n) is 7.06. The van der Waals surface area contributed by atoms with Crippen LogP contribution in [0.3, 0.4) is 0 Å². The Hall–Kier alpha value is -4.35. The molecule has 0 atom stereocenters. The Morgan fingerprint density at radius 2 is 1.19 bits per heavy atom. The SMILES string of the molecule is Brc1ccc(-c2nn(-c3ccccc3)cc2C(c2c[nH]c3ccccc23)c2c[nH]c3ccccc23)cc1. The number of fused-ring (bicyclic) bond motifs is 2. The molecular weight excluding hydrogens is 520 g/mol. The van der Waals surface area contributed by atoms with E-state index >= 15 is 0 Å². The first kappa shape index (κ1) is 21.9. The molecule has 3 heterocycles. The Balaban J connectivity index is 1.54. The minimum atomic E-state index is -0.0385. The van der Waals surface area contributed by atoms with Crippen molar-refractivity contribution < 1.29 is 0 Å². The summed E-state index contributed by atoms with van der Waals surface area (Å²) in [5, 5.41) is 7.59. The van der Waals surface area contributed by atoms with E-state index in [0.29, 0.717) is 0 Å². The lowest BCUT2D eigenvalue weighted by molar-refractivity contribution is 0.882. The highest BCUT2D eigenvalue weighted by Gasteiger charge is 2.28. The number of para-hydroxylation sites is 3. The van der Waals surface area contributed by atoms with Crippen molar-refractivity contribution in [2.75, 3.05) is 0 Å². The van der Waals surface area contributed by atoms with Gasteiger partial charge in [0, 0.05) is 61.9 Å². The van der Waals surface area contributed by atoms with Crippen LogP contribution < -0.4 is 0 Å². The van der Waals surface area contributed by atoms with E-state index < -0.39 is 0 Å². The number of H-pyrrole nitrogens is 2. The van der Waals surface area contributed by atoms with Gasteiger partial charge in [0.15, 0.2) is 0 Å². The van der Waals surface area contributed by atoms with Gasteiger partial charge in [0.05, 0.1) is 11.4 Å². The third-order valence-corrected chi connectivity index (χ3v) is 7.59. The number of nitrogens with zero attached hydrogens (tertiary/aromatic N) is 2. The average molecular weight is 543 g/mol. The smallest absolute Gasteiger partial charge is 0.0969 e. The van der Waals surface area contributed by atoms with Gasteiger partial charge in [-0.2, -0.15) is 5.10 Å². The first-order valence-electron chi connectivity index (χ1n) is 12.3. The Morgan fingerprint density at radius 3 is 1.81 bits per heavy atom. The molecule has 0 saturated carbocycles. The summed E-state index contributed by atoms with van der Waals surface area (Å²) in [6.45, 7) is 0. The number of aromatic nitrogens is 4. The van der Waals surface area contributed by atoms with Gasteiger partial charge in [0.1, 0.15) is 0 Å². The van der Waals surface area contributed by atoms with Crippen LogP contribution in [-0.2, 0) is 0 Å². The molecule has 178 valence electrons. The highest BCUT2D eigenvalue weighted by Crippen LogP contribution is 2.43. The molecule has 2 N–H and O–H groups in total. The number of rotatable bonds is 5. The lowest BCUT2D eigenvalue weighted by Gasteiger charge is -2.17. The molecule has 0 bridgehead atoms.